The molecule has 18 heavy (non-hydrogen) atoms. The Morgan fingerprint density at radius 3 is 2.72 bits per heavy atom. The Bertz CT molecular complexity index is 447. The molecular formula is C13H17NO4. The van der Waals surface area contributed by atoms with Gasteiger partial charge in [0.2, 0.25) is 5.91 Å². The van der Waals surface area contributed by atoms with Crippen molar-refractivity contribution in [3.05, 3.63) is 23.8 Å². The second kappa shape index (κ2) is 5.27. The summed E-state index contributed by atoms with van der Waals surface area (Å²) in [6.45, 7) is 0.615. The van der Waals surface area contributed by atoms with Gasteiger partial charge in [0.15, 0.2) is 0 Å². The molecule has 0 aliphatic carbocycles. The number of likely N-dealkylation sites (N-methyl/N-ethyl adjacent to an activating group) is 1. The first-order chi connectivity index (χ1) is 8.65. The van der Waals surface area contributed by atoms with E-state index >= 15 is 0 Å². The Morgan fingerprint density at radius 1 is 1.33 bits per heavy atom. The van der Waals surface area contributed by atoms with Gasteiger partial charge in [-0.1, -0.05) is 0 Å². The molecule has 1 fully saturated rings. The molecular weight excluding hydrogens is 234 g/mol. The van der Waals surface area contributed by atoms with Crippen molar-refractivity contribution in [3.8, 4) is 11.5 Å². The number of amides is 1. The molecule has 0 radical (unpaired) electrons. The predicted octanol–water partition coefficient (Wildman–Crippen LogP) is 1.23. The summed E-state index contributed by atoms with van der Waals surface area (Å²) in [5.41, 5.74) is 0.899. The third-order valence-corrected chi connectivity index (χ3v) is 3.06. The van der Waals surface area contributed by atoms with Gasteiger partial charge in [0, 0.05) is 12.6 Å². The van der Waals surface area contributed by atoms with Gasteiger partial charge in [-0.25, -0.2) is 0 Å². The van der Waals surface area contributed by atoms with Crippen molar-refractivity contribution in [2.75, 3.05) is 34.4 Å². The van der Waals surface area contributed by atoms with Gasteiger partial charge < -0.3 is 19.1 Å². The number of methoxy groups -OCH3 is 2. The van der Waals surface area contributed by atoms with E-state index in [-0.39, 0.29) is 18.6 Å². The summed E-state index contributed by atoms with van der Waals surface area (Å²) < 4.78 is 16.1. The fourth-order valence-corrected chi connectivity index (χ4v) is 1.96. The standard InChI is InChI=1S/C13H17NO4/c1-14-7-12(18-8-13(14)15)10-6-9(16-2)4-5-11(10)17-3/h4-6,12H,7-8H2,1-3H3/t12-/m1/s1. The summed E-state index contributed by atoms with van der Waals surface area (Å²) in [4.78, 5) is 13.1. The topological polar surface area (TPSA) is 48.0 Å². The van der Waals surface area contributed by atoms with Crippen LogP contribution in [0.4, 0.5) is 0 Å². The van der Waals surface area contributed by atoms with Crippen LogP contribution < -0.4 is 9.47 Å². The van der Waals surface area contributed by atoms with E-state index in [0.29, 0.717) is 6.54 Å². The van der Waals surface area contributed by atoms with Crippen molar-refractivity contribution in [2.45, 2.75) is 6.10 Å². The Morgan fingerprint density at radius 2 is 2.11 bits per heavy atom. The molecule has 0 bridgehead atoms. The van der Waals surface area contributed by atoms with Gasteiger partial charge in [0.1, 0.15) is 24.2 Å². The molecule has 0 aromatic heterocycles. The number of hydrogen-bond acceptors (Lipinski definition) is 4. The number of nitrogens with zero attached hydrogens (tertiary/aromatic N) is 1. The molecule has 1 aromatic rings. The minimum Gasteiger partial charge on any atom is -0.497 e. The van der Waals surface area contributed by atoms with Crippen molar-refractivity contribution < 1.29 is 19.0 Å². The Labute approximate surface area is 106 Å². The number of carbonyl (C=O) groups is 1. The average Bonchev–Trinajstić information content (AvgIpc) is 2.41. The van der Waals surface area contributed by atoms with Gasteiger partial charge in [-0.05, 0) is 18.2 Å². The highest BCUT2D eigenvalue weighted by Gasteiger charge is 2.27. The van der Waals surface area contributed by atoms with Crippen molar-refractivity contribution in [1.29, 1.82) is 0 Å². The predicted molar refractivity (Wildman–Crippen MR) is 65.9 cm³/mol. The fraction of sp³-hybridized carbons (Fsp3) is 0.462. The van der Waals surface area contributed by atoms with E-state index in [2.05, 4.69) is 0 Å². The molecule has 1 aliphatic heterocycles. The number of benzene rings is 1. The summed E-state index contributed by atoms with van der Waals surface area (Å²) in [5.74, 6) is 1.48. The number of morpholine rings is 1. The van der Waals surface area contributed by atoms with E-state index in [4.69, 9.17) is 14.2 Å². The van der Waals surface area contributed by atoms with E-state index in [1.807, 2.05) is 18.2 Å². The zero-order valence-corrected chi connectivity index (χ0v) is 10.8. The van der Waals surface area contributed by atoms with Crippen LogP contribution in [0, 0.1) is 0 Å². The van der Waals surface area contributed by atoms with E-state index in [1.54, 1.807) is 26.2 Å². The summed E-state index contributed by atoms with van der Waals surface area (Å²) in [5, 5.41) is 0. The molecule has 0 spiro atoms. The Hall–Kier alpha value is -1.75. The van der Waals surface area contributed by atoms with Crippen LogP contribution in [-0.2, 0) is 9.53 Å². The molecule has 0 unspecified atom stereocenters. The maximum Gasteiger partial charge on any atom is 0.248 e. The minimum absolute atomic E-state index is 0.00638. The molecule has 2 rings (SSSR count). The van der Waals surface area contributed by atoms with Gasteiger partial charge in [0.25, 0.3) is 0 Å². The van der Waals surface area contributed by atoms with Crippen molar-refractivity contribution in [1.82, 2.24) is 4.90 Å². The van der Waals surface area contributed by atoms with Gasteiger partial charge in [0.05, 0.1) is 20.8 Å². The third-order valence-electron chi connectivity index (χ3n) is 3.06. The van der Waals surface area contributed by atoms with Crippen LogP contribution in [0.25, 0.3) is 0 Å². The van der Waals surface area contributed by atoms with Gasteiger partial charge in [-0.2, -0.15) is 0 Å². The SMILES string of the molecule is COc1ccc(OC)c([C@H]2CN(C)C(=O)CO2)c1. The van der Waals surface area contributed by atoms with E-state index in [9.17, 15) is 4.79 Å². The summed E-state index contributed by atoms with van der Waals surface area (Å²) in [6, 6.07) is 5.56. The van der Waals surface area contributed by atoms with Gasteiger partial charge in [-0.3, -0.25) is 4.79 Å². The second-order valence-corrected chi connectivity index (χ2v) is 4.18. The largest absolute Gasteiger partial charge is 0.497 e. The first-order valence-corrected chi connectivity index (χ1v) is 5.73. The van der Waals surface area contributed by atoms with Crippen LogP contribution in [0.1, 0.15) is 11.7 Å². The van der Waals surface area contributed by atoms with Crippen LogP contribution in [0.3, 0.4) is 0 Å². The highest BCUT2D eigenvalue weighted by Crippen LogP contribution is 2.33. The van der Waals surface area contributed by atoms with E-state index < -0.39 is 0 Å². The molecule has 5 heteroatoms. The van der Waals surface area contributed by atoms with Crippen LogP contribution in [-0.4, -0.2) is 45.2 Å². The lowest BCUT2D eigenvalue weighted by molar-refractivity contribution is -0.147. The van der Waals surface area contributed by atoms with Crippen LogP contribution in [0.5, 0.6) is 11.5 Å². The molecule has 1 heterocycles. The van der Waals surface area contributed by atoms with Crippen molar-refractivity contribution in [3.63, 3.8) is 0 Å². The second-order valence-electron chi connectivity index (χ2n) is 4.18. The van der Waals surface area contributed by atoms with Gasteiger partial charge in [-0.15, -0.1) is 0 Å². The smallest absolute Gasteiger partial charge is 0.248 e. The van der Waals surface area contributed by atoms with Crippen molar-refractivity contribution in [2.24, 2.45) is 0 Å². The number of carbonyl (C=O) groups excluding carboxylic acids is 1. The van der Waals surface area contributed by atoms with Crippen LogP contribution >= 0.6 is 0 Å². The zero-order valence-electron chi connectivity index (χ0n) is 10.8. The van der Waals surface area contributed by atoms with Crippen LogP contribution in [0.15, 0.2) is 18.2 Å². The first kappa shape index (κ1) is 12.7. The molecule has 1 amide bonds. The lowest BCUT2D eigenvalue weighted by Crippen LogP contribution is -2.40. The minimum atomic E-state index is -0.183. The molecule has 1 atom stereocenters. The number of rotatable bonds is 3. The monoisotopic (exact) mass is 251 g/mol. The quantitative estimate of drug-likeness (QED) is 0.810. The van der Waals surface area contributed by atoms with E-state index in [1.165, 1.54) is 0 Å². The number of ether oxygens (including phenoxy) is 3. The van der Waals surface area contributed by atoms with Crippen LogP contribution in [0.2, 0.25) is 0 Å². The molecule has 5 nitrogen and oxygen atoms in total. The Balaban J connectivity index is 2.28. The van der Waals surface area contributed by atoms with Gasteiger partial charge >= 0.3 is 0 Å². The molecule has 1 aliphatic rings. The maximum absolute atomic E-state index is 11.4. The summed E-state index contributed by atoms with van der Waals surface area (Å²) in [6.07, 6.45) is -0.183. The highest BCUT2D eigenvalue weighted by atomic mass is 16.5. The summed E-state index contributed by atoms with van der Waals surface area (Å²) >= 11 is 0. The molecule has 98 valence electrons. The summed E-state index contributed by atoms with van der Waals surface area (Å²) in [7, 11) is 5.00. The normalized spacial score (nSPS) is 19.8. The molecule has 0 N–H and O–H groups in total. The first-order valence-electron chi connectivity index (χ1n) is 5.73. The maximum atomic E-state index is 11.4. The highest BCUT2D eigenvalue weighted by molar-refractivity contribution is 5.77. The lowest BCUT2D eigenvalue weighted by Gasteiger charge is -2.31. The average molecular weight is 251 g/mol. The molecule has 1 saturated heterocycles. The Kier molecular flexibility index (Phi) is 3.72. The lowest BCUT2D eigenvalue weighted by atomic mass is 10.1. The third kappa shape index (κ3) is 2.41. The van der Waals surface area contributed by atoms with Crippen molar-refractivity contribution >= 4 is 5.91 Å². The fourth-order valence-electron chi connectivity index (χ4n) is 1.96. The number of hydrogen-bond donors (Lipinski definition) is 0. The molecule has 1 aromatic carbocycles. The zero-order chi connectivity index (χ0) is 13.1. The van der Waals surface area contributed by atoms with E-state index in [0.717, 1.165) is 17.1 Å². The molecule has 0 saturated carbocycles.